The van der Waals surface area contributed by atoms with Crippen LogP contribution < -0.4 is 0 Å². The molecule has 0 aromatic rings. The van der Waals surface area contributed by atoms with Crippen LogP contribution in [0.1, 0.15) is 59.3 Å². The first kappa shape index (κ1) is 16.8. The van der Waals surface area contributed by atoms with Gasteiger partial charge in [-0.25, -0.2) is 4.79 Å². The molecular weight excluding hydrogens is 316 g/mol. The molecule has 0 aromatic carbocycles. The van der Waals surface area contributed by atoms with Crippen molar-refractivity contribution in [2.45, 2.75) is 88.6 Å². The van der Waals surface area contributed by atoms with Gasteiger partial charge in [-0.15, -0.1) is 0 Å². The topological polar surface area (TPSA) is 35.5 Å². The summed E-state index contributed by atoms with van der Waals surface area (Å²) in [5, 5.41) is 0.238. The van der Waals surface area contributed by atoms with Crippen LogP contribution in [0.25, 0.3) is 0 Å². The molecule has 4 aliphatic carbocycles. The lowest BCUT2D eigenvalue weighted by Gasteiger charge is -2.64. The summed E-state index contributed by atoms with van der Waals surface area (Å²) in [4.78, 5) is 12.1. The summed E-state index contributed by atoms with van der Waals surface area (Å²) in [5.41, 5.74) is 0.480. The minimum absolute atomic E-state index is 0.0427. The fourth-order valence-corrected chi connectivity index (χ4v) is 7.59. The second-order valence-electron chi connectivity index (χ2n) is 10.5. The summed E-state index contributed by atoms with van der Waals surface area (Å²) in [6.07, 6.45) is 6.54. The van der Waals surface area contributed by atoms with Gasteiger partial charge < -0.3 is 9.16 Å². The maximum Gasteiger partial charge on any atom is 0.334 e. The fraction of sp³-hybridized carbons (Fsp3) is 0.850. The Morgan fingerprint density at radius 3 is 2.21 bits per heavy atom. The second-order valence-corrected chi connectivity index (χ2v) is 15.2. The van der Waals surface area contributed by atoms with Crippen LogP contribution in [0, 0.1) is 17.8 Å². The van der Waals surface area contributed by atoms with Gasteiger partial charge in [-0.1, -0.05) is 27.4 Å². The Balaban J connectivity index is 1.63. The van der Waals surface area contributed by atoms with Gasteiger partial charge in [-0.3, -0.25) is 0 Å². The van der Waals surface area contributed by atoms with E-state index in [0.717, 1.165) is 25.2 Å². The molecule has 2 atom stereocenters. The van der Waals surface area contributed by atoms with Crippen molar-refractivity contribution in [2.75, 3.05) is 0 Å². The van der Waals surface area contributed by atoms with Gasteiger partial charge in [0.05, 0.1) is 5.60 Å². The van der Waals surface area contributed by atoms with Crippen molar-refractivity contribution < 1.29 is 14.0 Å². The van der Waals surface area contributed by atoms with Gasteiger partial charge >= 0.3 is 5.97 Å². The Bertz CT molecular complexity index is 566. The van der Waals surface area contributed by atoms with Crippen LogP contribution >= 0.6 is 0 Å². The molecule has 5 fully saturated rings. The standard InChI is InChI=1S/C20H32O3Si/c1-13-9-20(22-17(13)21)15-7-14-8-16(20)12-19(10-14,11-15)23-24(5,6)18(2,3)4/h14-16H,1,7-12H2,2-6H3. The molecule has 3 nitrogen and oxygen atoms in total. The Labute approximate surface area is 147 Å². The van der Waals surface area contributed by atoms with E-state index in [1.54, 1.807) is 0 Å². The van der Waals surface area contributed by atoms with E-state index < -0.39 is 8.32 Å². The fourth-order valence-electron chi connectivity index (χ4n) is 5.95. The van der Waals surface area contributed by atoms with Crippen molar-refractivity contribution in [1.82, 2.24) is 0 Å². The van der Waals surface area contributed by atoms with Crippen molar-refractivity contribution in [3.63, 3.8) is 0 Å². The van der Waals surface area contributed by atoms with Crippen LogP contribution in [-0.4, -0.2) is 25.5 Å². The van der Waals surface area contributed by atoms with Crippen molar-refractivity contribution in [3.8, 4) is 0 Å². The van der Waals surface area contributed by atoms with Crippen molar-refractivity contribution >= 4 is 14.3 Å². The number of ether oxygens (including phenoxy) is 1. The van der Waals surface area contributed by atoms with E-state index >= 15 is 0 Å². The van der Waals surface area contributed by atoms with E-state index in [2.05, 4.69) is 40.4 Å². The van der Waals surface area contributed by atoms with Gasteiger partial charge in [0.1, 0.15) is 5.60 Å². The van der Waals surface area contributed by atoms with Crippen LogP contribution in [0.4, 0.5) is 0 Å². The van der Waals surface area contributed by atoms with Gasteiger partial charge in [-0.2, -0.15) is 0 Å². The van der Waals surface area contributed by atoms with E-state index in [1.807, 2.05) is 0 Å². The van der Waals surface area contributed by atoms with Crippen molar-refractivity contribution in [1.29, 1.82) is 0 Å². The third kappa shape index (κ3) is 2.21. The minimum Gasteiger partial charge on any atom is -0.455 e. The predicted molar refractivity (Wildman–Crippen MR) is 97.1 cm³/mol. The largest absolute Gasteiger partial charge is 0.455 e. The van der Waals surface area contributed by atoms with Gasteiger partial charge in [-0.05, 0) is 56.2 Å². The maximum atomic E-state index is 12.1. The van der Waals surface area contributed by atoms with E-state index in [1.165, 1.54) is 19.3 Å². The quantitative estimate of drug-likeness (QED) is 0.407. The highest BCUT2D eigenvalue weighted by Crippen LogP contribution is 2.65. The molecule has 0 aromatic heterocycles. The minimum atomic E-state index is -1.79. The van der Waals surface area contributed by atoms with E-state index in [0.29, 0.717) is 17.4 Å². The van der Waals surface area contributed by atoms with E-state index in [9.17, 15) is 4.79 Å². The molecular formula is C20H32O3Si. The number of hydrogen-bond acceptors (Lipinski definition) is 3. The van der Waals surface area contributed by atoms with Gasteiger partial charge in [0.25, 0.3) is 0 Å². The van der Waals surface area contributed by atoms with Gasteiger partial charge in [0.15, 0.2) is 8.32 Å². The molecule has 5 rings (SSSR count). The molecule has 0 amide bonds. The number of hydrogen-bond donors (Lipinski definition) is 0. The zero-order chi connectivity index (χ0) is 17.5. The van der Waals surface area contributed by atoms with Crippen molar-refractivity contribution in [3.05, 3.63) is 12.2 Å². The van der Waals surface area contributed by atoms with Gasteiger partial charge in [0, 0.05) is 23.8 Å². The lowest BCUT2D eigenvalue weighted by molar-refractivity contribution is -0.224. The molecule has 1 aliphatic heterocycles. The molecule has 24 heavy (non-hydrogen) atoms. The lowest BCUT2D eigenvalue weighted by atomic mass is 9.47. The Morgan fingerprint density at radius 2 is 1.75 bits per heavy atom. The monoisotopic (exact) mass is 348 g/mol. The molecule has 4 heteroatoms. The normalized spacial score (nSPS) is 44.5. The summed E-state index contributed by atoms with van der Waals surface area (Å²) < 4.78 is 13.0. The zero-order valence-corrected chi connectivity index (χ0v) is 16.9. The first-order valence-corrected chi connectivity index (χ1v) is 12.5. The van der Waals surface area contributed by atoms with Gasteiger partial charge in [0.2, 0.25) is 0 Å². The average Bonchev–Trinajstić information content (AvgIpc) is 2.70. The Kier molecular flexibility index (Phi) is 3.34. The van der Waals surface area contributed by atoms with Crippen LogP contribution in [0.15, 0.2) is 12.2 Å². The van der Waals surface area contributed by atoms with Crippen LogP contribution in [0.5, 0.6) is 0 Å². The SMILES string of the molecule is C=C1CC2(OC1=O)C1CC3CC2CC(O[Si](C)(C)C(C)(C)C)(C3)C1. The molecule has 2 unspecified atom stereocenters. The van der Waals surface area contributed by atoms with Crippen LogP contribution in [0.3, 0.4) is 0 Å². The first-order chi connectivity index (χ1) is 11.0. The molecule has 0 N–H and O–H groups in total. The Morgan fingerprint density at radius 1 is 1.17 bits per heavy atom. The van der Waals surface area contributed by atoms with Crippen LogP contribution in [0.2, 0.25) is 18.1 Å². The lowest BCUT2D eigenvalue weighted by Crippen LogP contribution is -2.66. The van der Waals surface area contributed by atoms with Crippen LogP contribution in [-0.2, 0) is 14.0 Å². The molecule has 1 saturated heterocycles. The first-order valence-electron chi connectivity index (χ1n) is 9.58. The molecule has 1 heterocycles. The third-order valence-electron chi connectivity index (χ3n) is 7.85. The highest BCUT2D eigenvalue weighted by Gasteiger charge is 2.67. The highest BCUT2D eigenvalue weighted by molar-refractivity contribution is 6.74. The molecule has 1 spiro atoms. The summed E-state index contributed by atoms with van der Waals surface area (Å²) in [5.74, 6) is 1.54. The van der Waals surface area contributed by atoms with E-state index in [-0.39, 0.29) is 22.2 Å². The molecule has 5 aliphatic rings. The third-order valence-corrected chi connectivity index (χ3v) is 12.4. The predicted octanol–water partition coefficient (Wildman–Crippen LogP) is 4.83. The Hall–Kier alpha value is -0.613. The summed E-state index contributed by atoms with van der Waals surface area (Å²) in [6, 6.07) is 0. The molecule has 134 valence electrons. The van der Waals surface area contributed by atoms with E-state index in [4.69, 9.17) is 9.16 Å². The van der Waals surface area contributed by atoms with Crippen molar-refractivity contribution in [2.24, 2.45) is 17.8 Å². The number of carbonyl (C=O) groups excluding carboxylic acids is 1. The highest BCUT2D eigenvalue weighted by atomic mass is 28.4. The second kappa shape index (κ2) is 4.76. The maximum absolute atomic E-state index is 12.1. The summed E-state index contributed by atoms with van der Waals surface area (Å²) in [7, 11) is -1.79. The number of esters is 1. The molecule has 0 radical (unpaired) electrons. The summed E-state index contributed by atoms with van der Waals surface area (Å²) >= 11 is 0. The number of carbonyl (C=O) groups is 1. The molecule has 4 saturated carbocycles. The average molecular weight is 349 g/mol. The molecule has 4 bridgehead atoms. The summed E-state index contributed by atoms with van der Waals surface area (Å²) in [6.45, 7) is 15.7. The smallest absolute Gasteiger partial charge is 0.334 e. The number of rotatable bonds is 2. The zero-order valence-electron chi connectivity index (χ0n) is 15.9.